The van der Waals surface area contributed by atoms with Gasteiger partial charge in [-0.2, -0.15) is 0 Å². The number of hydrogen-bond acceptors (Lipinski definition) is 2. The van der Waals surface area contributed by atoms with Gasteiger partial charge in [0.05, 0.1) is 0 Å². The Labute approximate surface area is 119 Å². The molecule has 102 valence electrons. The lowest BCUT2D eigenvalue weighted by atomic mass is 9.95. The van der Waals surface area contributed by atoms with Gasteiger partial charge in [0.25, 0.3) is 0 Å². The van der Waals surface area contributed by atoms with E-state index in [0.717, 1.165) is 12.0 Å². The predicted octanol–water partition coefficient (Wildman–Crippen LogP) is 1.59. The first-order valence-corrected chi connectivity index (χ1v) is 6.89. The molecule has 0 unspecified atom stereocenters. The average molecular weight is 267 g/mol. The van der Waals surface area contributed by atoms with Crippen LogP contribution < -0.4 is 10.7 Å². The zero-order valence-corrected chi connectivity index (χ0v) is 11.5. The van der Waals surface area contributed by atoms with Crippen LogP contribution in [-0.4, -0.2) is 6.02 Å². The molecule has 0 bridgehead atoms. The summed E-state index contributed by atoms with van der Waals surface area (Å²) in [5.41, 5.74) is 9.56. The molecule has 3 rings (SSSR count). The van der Waals surface area contributed by atoms with Crippen LogP contribution in [-0.2, 0) is 4.74 Å². The Kier molecular flexibility index (Phi) is 3.42. The van der Waals surface area contributed by atoms with E-state index in [4.69, 9.17) is 10.5 Å². The summed E-state index contributed by atoms with van der Waals surface area (Å²) in [5.74, 6) is 0. The third-order valence-electron chi connectivity index (χ3n) is 3.69. The van der Waals surface area contributed by atoms with E-state index in [0.29, 0.717) is 6.02 Å². The van der Waals surface area contributed by atoms with E-state index in [1.165, 1.54) is 11.1 Å². The molecule has 3 heteroatoms. The lowest BCUT2D eigenvalue weighted by molar-refractivity contribution is -0.535. The lowest BCUT2D eigenvalue weighted by Crippen LogP contribution is -2.79. The molecule has 3 N–H and O–H groups in total. The van der Waals surface area contributed by atoms with E-state index in [9.17, 15) is 0 Å². The molecule has 2 aromatic rings. The second-order valence-corrected chi connectivity index (χ2v) is 5.22. The SMILES string of the molecule is Cc1ccc([C@@H]2C[C@H](c3ccccc3)OC(N)=[NH+]2)cc1. The molecule has 0 aliphatic carbocycles. The molecule has 2 atom stereocenters. The first kappa shape index (κ1) is 12.7. The van der Waals surface area contributed by atoms with Crippen molar-refractivity contribution in [1.29, 1.82) is 0 Å². The maximum absolute atomic E-state index is 5.90. The van der Waals surface area contributed by atoms with Crippen molar-refractivity contribution >= 4 is 6.02 Å². The van der Waals surface area contributed by atoms with Crippen molar-refractivity contribution in [3.63, 3.8) is 0 Å². The van der Waals surface area contributed by atoms with Crippen LogP contribution in [0.2, 0.25) is 0 Å². The molecule has 1 aliphatic rings. The highest BCUT2D eigenvalue weighted by Gasteiger charge is 2.29. The first-order valence-electron chi connectivity index (χ1n) is 6.89. The van der Waals surface area contributed by atoms with Crippen LogP contribution in [0.1, 0.15) is 35.3 Å². The summed E-state index contributed by atoms with van der Waals surface area (Å²) in [6.07, 6.45) is 0.872. The van der Waals surface area contributed by atoms with Gasteiger partial charge < -0.3 is 4.74 Å². The number of nitrogens with two attached hydrogens (primary N) is 1. The van der Waals surface area contributed by atoms with Crippen molar-refractivity contribution in [2.75, 3.05) is 0 Å². The summed E-state index contributed by atoms with van der Waals surface area (Å²) in [7, 11) is 0. The van der Waals surface area contributed by atoms with Gasteiger partial charge in [-0.25, -0.2) is 4.99 Å². The molecule has 0 aromatic heterocycles. The van der Waals surface area contributed by atoms with Crippen LogP contribution in [0.25, 0.3) is 0 Å². The third kappa shape index (κ3) is 2.67. The van der Waals surface area contributed by atoms with Gasteiger partial charge in [-0.3, -0.25) is 5.73 Å². The maximum Gasteiger partial charge on any atom is 0.440 e. The largest absolute Gasteiger partial charge is 0.440 e. The Balaban J connectivity index is 1.86. The minimum atomic E-state index is 0.00348. The van der Waals surface area contributed by atoms with Gasteiger partial charge >= 0.3 is 6.02 Å². The fourth-order valence-electron chi connectivity index (χ4n) is 2.57. The summed E-state index contributed by atoms with van der Waals surface area (Å²) in [6.45, 7) is 2.09. The quantitative estimate of drug-likeness (QED) is 0.868. The molecule has 0 radical (unpaired) electrons. The Morgan fingerprint density at radius 3 is 2.40 bits per heavy atom. The highest BCUT2D eigenvalue weighted by molar-refractivity contribution is 5.65. The van der Waals surface area contributed by atoms with Crippen molar-refractivity contribution in [1.82, 2.24) is 0 Å². The van der Waals surface area contributed by atoms with Crippen molar-refractivity contribution in [2.45, 2.75) is 25.5 Å². The summed E-state index contributed by atoms with van der Waals surface area (Å²) in [6, 6.07) is 19.3. The number of nitrogens with one attached hydrogen (secondary N) is 1. The van der Waals surface area contributed by atoms with Crippen LogP contribution in [0.4, 0.5) is 0 Å². The van der Waals surface area contributed by atoms with Crippen LogP contribution in [0, 0.1) is 6.92 Å². The summed E-state index contributed by atoms with van der Waals surface area (Å²) >= 11 is 0. The fourth-order valence-corrected chi connectivity index (χ4v) is 2.57. The number of aryl methyl sites for hydroxylation is 1. The third-order valence-corrected chi connectivity index (χ3v) is 3.69. The Morgan fingerprint density at radius 1 is 1.00 bits per heavy atom. The van der Waals surface area contributed by atoms with E-state index in [1.54, 1.807) is 0 Å². The fraction of sp³-hybridized carbons (Fsp3) is 0.235. The van der Waals surface area contributed by atoms with Crippen LogP contribution in [0.3, 0.4) is 0 Å². The summed E-state index contributed by atoms with van der Waals surface area (Å²) in [5, 5.41) is 0. The molecule has 1 aliphatic heterocycles. The monoisotopic (exact) mass is 267 g/mol. The highest BCUT2D eigenvalue weighted by atomic mass is 16.5. The zero-order valence-electron chi connectivity index (χ0n) is 11.5. The molecule has 2 aromatic carbocycles. The first-order chi connectivity index (χ1) is 9.72. The smallest absolute Gasteiger partial charge is 0.423 e. The van der Waals surface area contributed by atoms with Gasteiger partial charge in [-0.05, 0) is 18.1 Å². The van der Waals surface area contributed by atoms with E-state index in [-0.39, 0.29) is 12.1 Å². The molecule has 0 amide bonds. The zero-order chi connectivity index (χ0) is 13.9. The van der Waals surface area contributed by atoms with E-state index in [1.807, 2.05) is 18.2 Å². The molecule has 0 saturated heterocycles. The van der Waals surface area contributed by atoms with Crippen molar-refractivity contribution in [3.8, 4) is 0 Å². The second-order valence-electron chi connectivity index (χ2n) is 5.22. The van der Waals surface area contributed by atoms with Gasteiger partial charge in [0.2, 0.25) is 0 Å². The maximum atomic E-state index is 5.90. The normalized spacial score (nSPS) is 21.9. The number of benzene rings is 2. The van der Waals surface area contributed by atoms with Crippen molar-refractivity contribution < 1.29 is 9.73 Å². The van der Waals surface area contributed by atoms with Gasteiger partial charge in [-0.15, -0.1) is 0 Å². The lowest BCUT2D eigenvalue weighted by Gasteiger charge is -2.24. The predicted molar refractivity (Wildman–Crippen MR) is 79.0 cm³/mol. The van der Waals surface area contributed by atoms with E-state index < -0.39 is 0 Å². The summed E-state index contributed by atoms with van der Waals surface area (Å²) in [4.78, 5) is 3.22. The molecular weight excluding hydrogens is 248 g/mol. The second kappa shape index (κ2) is 5.37. The van der Waals surface area contributed by atoms with Gasteiger partial charge in [0, 0.05) is 6.42 Å². The van der Waals surface area contributed by atoms with Crippen molar-refractivity contribution in [3.05, 3.63) is 71.3 Å². The standard InChI is InChI=1S/C17H18N2O/c1-12-7-9-13(10-8-12)15-11-16(20-17(18)19-15)14-5-3-2-4-6-14/h2-10,15-16H,11H2,1H3,(H2,18,19)/p+1/t15-,16+/m0/s1. The number of hydrogen-bond donors (Lipinski definition) is 2. The van der Waals surface area contributed by atoms with Crippen LogP contribution in [0.5, 0.6) is 0 Å². The molecule has 0 fully saturated rings. The molecule has 20 heavy (non-hydrogen) atoms. The number of rotatable bonds is 2. The minimum absolute atomic E-state index is 0.00348. The number of ether oxygens (including phenoxy) is 1. The van der Waals surface area contributed by atoms with Crippen molar-refractivity contribution in [2.24, 2.45) is 5.73 Å². The average Bonchev–Trinajstić information content (AvgIpc) is 2.48. The molecule has 1 heterocycles. The number of amidine groups is 1. The Morgan fingerprint density at radius 2 is 1.70 bits per heavy atom. The topological polar surface area (TPSA) is 49.2 Å². The Hall–Kier alpha value is -2.29. The molecule has 3 nitrogen and oxygen atoms in total. The van der Waals surface area contributed by atoms with Crippen LogP contribution >= 0.6 is 0 Å². The molecule has 0 saturated carbocycles. The highest BCUT2D eigenvalue weighted by Crippen LogP contribution is 2.28. The van der Waals surface area contributed by atoms with Gasteiger partial charge in [0.1, 0.15) is 12.1 Å². The van der Waals surface area contributed by atoms with Gasteiger partial charge in [-0.1, -0.05) is 60.2 Å². The molecular formula is C17H19N2O+. The van der Waals surface area contributed by atoms with Crippen LogP contribution in [0.15, 0.2) is 54.6 Å². The summed E-state index contributed by atoms with van der Waals surface area (Å²) < 4.78 is 5.73. The Bertz CT molecular complexity index is 605. The minimum Gasteiger partial charge on any atom is -0.423 e. The van der Waals surface area contributed by atoms with Gasteiger partial charge in [0.15, 0.2) is 0 Å². The van der Waals surface area contributed by atoms with E-state index >= 15 is 0 Å². The van der Waals surface area contributed by atoms with E-state index in [2.05, 4.69) is 48.3 Å². The molecule has 0 spiro atoms.